The Morgan fingerprint density at radius 2 is 0.982 bits per heavy atom. The summed E-state index contributed by atoms with van der Waals surface area (Å²) in [6.45, 7) is 31.0. The van der Waals surface area contributed by atoms with Crippen molar-refractivity contribution in [3.05, 3.63) is 97.0 Å². The van der Waals surface area contributed by atoms with Gasteiger partial charge >= 0.3 is 25.4 Å². The molecular formula is C76H115BClF4I2N13O10S3. The Balaban J connectivity index is 0.000000229. The van der Waals surface area contributed by atoms with Crippen molar-refractivity contribution in [1.82, 2.24) is 24.8 Å². The SMILES string of the molecule is CC1(O)CC(N)C1.CC1(O)CC(Nc2cc(I)cc(N3CCOCC3)n2)C1.CC[C@@H]1CCN(C(=O)Nc2ccc(C)c(-c3cc(NC4CC(C)(O)C4)nc(N4CCOCC4)c3)c2)C1.Cc1ccc(NC(=O)N2CC[C@@H](CC(F)(F)F)C2)cc1B1OC(C)(C)C(C)(C)O1.Cl.Fc1cc(I)cc(N2CCOCC2)n1.S.S.S. The average molecular weight is 1840 g/mol. The van der Waals surface area contributed by atoms with E-state index in [2.05, 4.69) is 131 Å². The molecule has 3 aliphatic carbocycles. The molecule has 4 amide bonds. The van der Waals surface area contributed by atoms with Crippen molar-refractivity contribution in [2.45, 2.75) is 186 Å². The maximum absolute atomic E-state index is 13.0. The quantitative estimate of drug-likeness (QED) is 0.0236. The van der Waals surface area contributed by atoms with Gasteiger partial charge in [-0.1, -0.05) is 31.0 Å². The molecule has 23 nitrogen and oxygen atoms in total. The molecule has 34 heteroatoms. The molecule has 614 valence electrons. The maximum Gasteiger partial charge on any atom is 0.495 e. The van der Waals surface area contributed by atoms with Gasteiger partial charge in [0.2, 0.25) is 5.95 Å². The number of urea groups is 2. The molecule has 0 bridgehead atoms. The number of aryl methyl sites for hydroxylation is 2. The molecule has 2 aromatic carbocycles. The first-order valence-corrected chi connectivity index (χ1v) is 39.3. The van der Waals surface area contributed by atoms with Crippen LogP contribution in [0.3, 0.4) is 0 Å². The van der Waals surface area contributed by atoms with Gasteiger partial charge in [-0.15, -0.1) is 12.4 Å². The van der Waals surface area contributed by atoms with Gasteiger partial charge in [-0.2, -0.15) is 58.0 Å². The number of amides is 4. The number of carbonyl (C=O) groups is 2. The van der Waals surface area contributed by atoms with Crippen molar-refractivity contribution in [3.63, 3.8) is 0 Å². The van der Waals surface area contributed by atoms with Crippen molar-refractivity contribution in [1.29, 1.82) is 0 Å². The summed E-state index contributed by atoms with van der Waals surface area (Å²) < 4.78 is 81.1. The molecule has 6 saturated heterocycles. The van der Waals surface area contributed by atoms with Gasteiger partial charge in [-0.05, 0) is 247 Å². The number of halogens is 7. The molecule has 0 spiro atoms. The number of nitrogens with one attached hydrogen (secondary N) is 4. The van der Waals surface area contributed by atoms with E-state index in [4.69, 9.17) is 44.3 Å². The summed E-state index contributed by atoms with van der Waals surface area (Å²) in [6.07, 6.45) is 2.03. The number of morpholine rings is 3. The smallest absolute Gasteiger partial charge is 0.399 e. The van der Waals surface area contributed by atoms with Crippen LogP contribution in [0, 0.1) is 38.8 Å². The van der Waals surface area contributed by atoms with E-state index in [1.165, 1.54) is 14.5 Å². The molecule has 0 unspecified atom stereocenters. The Bertz CT molecular complexity index is 3760. The van der Waals surface area contributed by atoms with Crippen LogP contribution in [0.4, 0.5) is 67.6 Å². The Morgan fingerprint density at radius 1 is 0.573 bits per heavy atom. The van der Waals surface area contributed by atoms with Crippen molar-refractivity contribution in [2.24, 2.45) is 17.6 Å². The van der Waals surface area contributed by atoms with Crippen molar-refractivity contribution < 1.29 is 66.0 Å². The van der Waals surface area contributed by atoms with Crippen LogP contribution in [-0.2, 0) is 23.5 Å². The Labute approximate surface area is 701 Å². The molecule has 5 aromatic rings. The van der Waals surface area contributed by atoms with Crippen LogP contribution in [0.5, 0.6) is 0 Å². The largest absolute Gasteiger partial charge is 0.495 e. The van der Waals surface area contributed by atoms with E-state index in [9.17, 15) is 37.4 Å². The monoisotopic (exact) mass is 1840 g/mol. The zero-order valence-corrected chi connectivity index (χ0v) is 72.9. The number of ether oxygens (including phenoxy) is 3. The second kappa shape index (κ2) is 41.0. The lowest BCUT2D eigenvalue weighted by molar-refractivity contribution is -0.143. The summed E-state index contributed by atoms with van der Waals surface area (Å²) in [5.41, 5.74) is 9.30. The predicted octanol–water partition coefficient (Wildman–Crippen LogP) is 12.7. The Hall–Kier alpha value is -4.35. The number of hydrogen-bond donors (Lipinski definition) is 8. The highest BCUT2D eigenvalue weighted by molar-refractivity contribution is 14.1. The standard InChI is InChI=1S/C28H39N5O3.C20H28BF3N2O3.C14H20IN3O2.C9H10FIN2O.C5H11NO.ClH.3H2S/c1-4-20-7-8-33(18-20)27(34)30-22-6-5-19(2)24(15-22)21-13-25(29-23-16-28(3,35)17-23)31-26(14-21)32-9-11-36-12-10-32;1-13-6-7-15(10-16(13)21-28-18(2,3)19(4,5)29-21)25-17(27)26-9-8-14(12-26)11-20(22,23)24;1-14(19)8-11(9-14)16-12-6-10(15)7-13(17-12)18-2-4-20-5-3-18;10-8-5-7(11)6-9(12-8)13-1-3-14-4-2-13;1-5(7)2-4(6)3-5;;;;/h5-6,13-15,20,23,35H,4,7-12,16-18H2,1-3H3,(H,29,31)(H,30,34);6-7,10,14H,8-9,11-12H2,1-5H3,(H,25,27);6-7,11,19H,2-5,8-9H2,1H3,(H,16,17);5-6H,1-4H2;4,7H,2-3,6H2,1H3;1H;3*1H2/t20-,23?,28?;14-;;;;;;;/m10......./s1. The fraction of sp³-hybridized carbons (Fsp3) is 0.618. The average Bonchev–Trinajstić information content (AvgIpc) is 1.47. The van der Waals surface area contributed by atoms with Gasteiger partial charge < -0.3 is 90.3 Å². The van der Waals surface area contributed by atoms with Gasteiger partial charge in [-0.3, -0.25) is 0 Å². The Kier molecular flexibility index (Phi) is 35.2. The van der Waals surface area contributed by atoms with E-state index in [0.29, 0.717) is 75.7 Å². The third kappa shape index (κ3) is 27.4. The number of nitrogens with two attached hydrogens (primary N) is 1. The fourth-order valence-corrected chi connectivity index (χ4v) is 15.6. The molecule has 9 N–H and O–H groups in total. The number of anilines is 7. The van der Waals surface area contributed by atoms with Gasteiger partial charge in [0, 0.05) is 115 Å². The van der Waals surface area contributed by atoms with Crippen LogP contribution in [0.25, 0.3) is 11.1 Å². The lowest BCUT2D eigenvalue weighted by atomic mass is 9.76. The van der Waals surface area contributed by atoms with Crippen molar-refractivity contribution in [2.75, 3.05) is 141 Å². The first kappa shape index (κ1) is 94.5. The fourth-order valence-electron chi connectivity index (χ4n) is 14.5. The predicted molar refractivity (Wildman–Crippen MR) is 463 cm³/mol. The summed E-state index contributed by atoms with van der Waals surface area (Å²) in [5, 5.41) is 41.8. The number of hydrogen-bond acceptors (Lipinski definition) is 19. The number of alkyl halides is 3. The minimum absolute atomic E-state index is 0. The van der Waals surface area contributed by atoms with Gasteiger partial charge in [0.25, 0.3) is 0 Å². The molecular weight excluding hydrogens is 1730 g/mol. The molecule has 110 heavy (non-hydrogen) atoms. The lowest BCUT2D eigenvalue weighted by Gasteiger charge is -2.41. The summed E-state index contributed by atoms with van der Waals surface area (Å²) in [5.74, 6) is 3.99. The molecule has 3 aromatic heterocycles. The highest BCUT2D eigenvalue weighted by Gasteiger charge is 2.52. The van der Waals surface area contributed by atoms with E-state index >= 15 is 0 Å². The summed E-state index contributed by atoms with van der Waals surface area (Å²) in [6, 6.07) is 23.6. The third-order valence-corrected chi connectivity index (χ3v) is 22.5. The van der Waals surface area contributed by atoms with E-state index < -0.39 is 65.6 Å². The summed E-state index contributed by atoms with van der Waals surface area (Å²) >= 11 is 4.41. The maximum atomic E-state index is 13.0. The molecule has 0 radical (unpaired) electrons. The number of benzene rings is 2. The molecule has 9 heterocycles. The number of aromatic nitrogens is 3. The van der Waals surface area contributed by atoms with Gasteiger partial charge in [-0.25, -0.2) is 24.5 Å². The number of carbonyl (C=O) groups excluding carboxylic acids is 2. The van der Waals surface area contributed by atoms with Crippen LogP contribution in [0.2, 0.25) is 0 Å². The molecule has 6 aliphatic heterocycles. The minimum atomic E-state index is -4.20. The normalized spacial score (nSPS) is 25.6. The highest BCUT2D eigenvalue weighted by Crippen LogP contribution is 2.40. The first-order chi connectivity index (χ1) is 49.9. The second-order valence-electron chi connectivity index (χ2n) is 31.5. The number of likely N-dealkylation sites (tertiary alicyclic amines) is 2. The third-order valence-electron chi connectivity index (χ3n) is 21.3. The van der Waals surface area contributed by atoms with E-state index in [1.54, 1.807) is 12.1 Å². The van der Waals surface area contributed by atoms with Crippen LogP contribution >= 0.6 is 98.1 Å². The van der Waals surface area contributed by atoms with E-state index in [-0.39, 0.29) is 77.6 Å². The molecule has 9 fully saturated rings. The van der Waals surface area contributed by atoms with Gasteiger partial charge in [0.05, 0.1) is 67.6 Å². The highest BCUT2D eigenvalue weighted by atomic mass is 127. The second-order valence-corrected chi connectivity index (χ2v) is 34.0. The van der Waals surface area contributed by atoms with Crippen LogP contribution < -0.4 is 47.2 Å². The number of pyridine rings is 3. The lowest BCUT2D eigenvalue weighted by Crippen LogP contribution is -2.49. The van der Waals surface area contributed by atoms with Crippen molar-refractivity contribution >= 4 is 163 Å². The van der Waals surface area contributed by atoms with Crippen LogP contribution in [0.15, 0.2) is 72.8 Å². The Morgan fingerprint density at radius 3 is 1.40 bits per heavy atom. The van der Waals surface area contributed by atoms with Gasteiger partial charge in [0.15, 0.2) is 0 Å². The minimum Gasteiger partial charge on any atom is -0.399 e. The number of aliphatic hydroxyl groups is 3. The molecule has 2 atom stereocenters. The van der Waals surface area contributed by atoms with Gasteiger partial charge in [0.1, 0.15) is 29.1 Å². The summed E-state index contributed by atoms with van der Waals surface area (Å²) in [7, 11) is -0.556. The number of rotatable bonds is 13. The molecule has 3 saturated carbocycles. The van der Waals surface area contributed by atoms with E-state index in [1.807, 2.05) is 83.4 Å². The van der Waals surface area contributed by atoms with Crippen molar-refractivity contribution in [3.8, 4) is 11.1 Å². The van der Waals surface area contributed by atoms with Crippen LogP contribution in [0.1, 0.15) is 131 Å². The molecule has 14 rings (SSSR count). The zero-order valence-electron chi connectivity index (χ0n) is 64.8. The zero-order chi connectivity index (χ0) is 76.5. The molecule has 9 aliphatic rings. The number of nitrogens with zero attached hydrogens (tertiary/aromatic N) is 8. The topological polar surface area (TPSA) is 270 Å². The summed E-state index contributed by atoms with van der Waals surface area (Å²) in [4.78, 5) is 48.8. The van der Waals surface area contributed by atoms with Crippen LogP contribution in [-0.4, -0.2) is 217 Å². The van der Waals surface area contributed by atoms with E-state index in [0.717, 1.165) is 164 Å². The first-order valence-electron chi connectivity index (χ1n) is 37.2.